The van der Waals surface area contributed by atoms with Gasteiger partial charge in [0.1, 0.15) is 0 Å². The summed E-state index contributed by atoms with van der Waals surface area (Å²) in [6, 6.07) is 8.84. The van der Waals surface area contributed by atoms with Crippen LogP contribution >= 0.6 is 15.9 Å². The lowest BCUT2D eigenvalue weighted by molar-refractivity contribution is 0.200. The molecule has 0 bridgehead atoms. The van der Waals surface area contributed by atoms with E-state index in [2.05, 4.69) is 52.4 Å². The Kier molecular flexibility index (Phi) is 5.71. The SMILES string of the molecule is CCCNCC(Cc1ccc(Br)cc1)C1CCC1. The zero-order valence-corrected chi connectivity index (χ0v) is 12.9. The van der Waals surface area contributed by atoms with E-state index in [0.717, 1.165) is 18.4 Å². The topological polar surface area (TPSA) is 12.0 Å². The van der Waals surface area contributed by atoms with Crippen molar-refractivity contribution in [1.29, 1.82) is 0 Å². The highest BCUT2D eigenvalue weighted by atomic mass is 79.9. The molecule has 0 aliphatic heterocycles. The minimum Gasteiger partial charge on any atom is -0.316 e. The summed E-state index contributed by atoms with van der Waals surface area (Å²) >= 11 is 3.50. The molecule has 1 N–H and O–H groups in total. The molecule has 1 unspecified atom stereocenters. The highest BCUT2D eigenvalue weighted by Crippen LogP contribution is 2.35. The van der Waals surface area contributed by atoms with Gasteiger partial charge >= 0.3 is 0 Å². The fourth-order valence-electron chi connectivity index (χ4n) is 2.70. The molecular weight excluding hydrogens is 286 g/mol. The molecule has 1 aromatic carbocycles. The summed E-state index contributed by atoms with van der Waals surface area (Å²) in [5.41, 5.74) is 1.48. The van der Waals surface area contributed by atoms with E-state index in [-0.39, 0.29) is 0 Å². The van der Waals surface area contributed by atoms with Gasteiger partial charge in [-0.3, -0.25) is 0 Å². The van der Waals surface area contributed by atoms with Crippen molar-refractivity contribution in [3.05, 3.63) is 34.3 Å². The highest BCUT2D eigenvalue weighted by Gasteiger charge is 2.26. The third-order valence-electron chi connectivity index (χ3n) is 4.06. The first-order chi connectivity index (χ1) is 8.79. The molecule has 0 heterocycles. The standard InChI is InChI=1S/C16H24BrN/c1-2-10-18-12-15(14-4-3-5-14)11-13-6-8-16(17)9-7-13/h6-9,14-15,18H,2-5,10-12H2,1H3. The summed E-state index contributed by atoms with van der Waals surface area (Å²) in [5.74, 6) is 1.78. The minimum atomic E-state index is 0.825. The Labute approximate surface area is 119 Å². The Morgan fingerprint density at radius 3 is 2.56 bits per heavy atom. The molecule has 100 valence electrons. The number of benzene rings is 1. The Bertz CT molecular complexity index is 343. The Morgan fingerprint density at radius 1 is 1.28 bits per heavy atom. The summed E-state index contributed by atoms with van der Waals surface area (Å²) in [4.78, 5) is 0. The third-order valence-corrected chi connectivity index (χ3v) is 4.59. The summed E-state index contributed by atoms with van der Waals surface area (Å²) in [5, 5.41) is 3.61. The zero-order chi connectivity index (χ0) is 12.8. The minimum absolute atomic E-state index is 0.825. The summed E-state index contributed by atoms with van der Waals surface area (Å²) in [6.45, 7) is 4.58. The van der Waals surface area contributed by atoms with Crippen LogP contribution in [0.15, 0.2) is 28.7 Å². The van der Waals surface area contributed by atoms with Gasteiger partial charge in [-0.1, -0.05) is 54.2 Å². The molecule has 2 heteroatoms. The lowest BCUT2D eigenvalue weighted by Gasteiger charge is -2.34. The monoisotopic (exact) mass is 309 g/mol. The average Bonchev–Trinajstić information content (AvgIpc) is 2.30. The van der Waals surface area contributed by atoms with E-state index in [1.165, 1.54) is 48.7 Å². The fourth-order valence-corrected chi connectivity index (χ4v) is 2.97. The molecule has 0 spiro atoms. The maximum absolute atomic E-state index is 3.61. The van der Waals surface area contributed by atoms with Crippen molar-refractivity contribution in [2.24, 2.45) is 11.8 Å². The van der Waals surface area contributed by atoms with E-state index < -0.39 is 0 Å². The first-order valence-corrected chi connectivity index (χ1v) is 8.04. The lowest BCUT2D eigenvalue weighted by Crippen LogP contribution is -2.33. The van der Waals surface area contributed by atoms with Gasteiger partial charge in [0.25, 0.3) is 0 Å². The van der Waals surface area contributed by atoms with Crippen LogP contribution in [0.5, 0.6) is 0 Å². The van der Waals surface area contributed by atoms with Crippen molar-refractivity contribution >= 4 is 15.9 Å². The Balaban J connectivity index is 1.89. The van der Waals surface area contributed by atoms with Gasteiger partial charge in [0.15, 0.2) is 0 Å². The summed E-state index contributed by atoms with van der Waals surface area (Å²) in [7, 11) is 0. The third kappa shape index (κ3) is 4.10. The predicted molar refractivity (Wildman–Crippen MR) is 81.8 cm³/mol. The molecule has 1 aromatic rings. The molecule has 1 nitrogen and oxygen atoms in total. The van der Waals surface area contributed by atoms with E-state index in [1.54, 1.807) is 0 Å². The largest absolute Gasteiger partial charge is 0.316 e. The van der Waals surface area contributed by atoms with Gasteiger partial charge in [-0.2, -0.15) is 0 Å². The van der Waals surface area contributed by atoms with Crippen molar-refractivity contribution in [3.8, 4) is 0 Å². The Hall–Kier alpha value is -0.340. The van der Waals surface area contributed by atoms with Crippen LogP contribution in [0.4, 0.5) is 0 Å². The van der Waals surface area contributed by atoms with Crippen molar-refractivity contribution in [2.75, 3.05) is 13.1 Å². The first-order valence-electron chi connectivity index (χ1n) is 7.24. The van der Waals surface area contributed by atoms with E-state index >= 15 is 0 Å². The molecule has 0 saturated heterocycles. The quantitative estimate of drug-likeness (QED) is 0.736. The van der Waals surface area contributed by atoms with Gasteiger partial charge in [0.05, 0.1) is 0 Å². The van der Waals surface area contributed by atoms with Crippen molar-refractivity contribution in [3.63, 3.8) is 0 Å². The number of hydrogen-bond acceptors (Lipinski definition) is 1. The number of halogens is 1. The molecule has 2 rings (SSSR count). The second kappa shape index (κ2) is 7.30. The van der Waals surface area contributed by atoms with Crippen molar-refractivity contribution in [1.82, 2.24) is 5.32 Å². The normalized spacial score (nSPS) is 17.4. The van der Waals surface area contributed by atoms with E-state index in [0.29, 0.717) is 0 Å². The van der Waals surface area contributed by atoms with Gasteiger partial charge in [-0.25, -0.2) is 0 Å². The van der Waals surface area contributed by atoms with Gasteiger partial charge in [0.2, 0.25) is 0 Å². The van der Waals surface area contributed by atoms with E-state index in [1.807, 2.05) is 0 Å². The first kappa shape index (κ1) is 14.1. The fraction of sp³-hybridized carbons (Fsp3) is 0.625. The molecule has 1 aliphatic carbocycles. The summed E-state index contributed by atoms with van der Waals surface area (Å²) in [6.07, 6.45) is 6.78. The number of hydrogen-bond donors (Lipinski definition) is 1. The van der Waals surface area contributed by atoms with Crippen LogP contribution in [0.1, 0.15) is 38.2 Å². The van der Waals surface area contributed by atoms with E-state index in [4.69, 9.17) is 0 Å². The van der Waals surface area contributed by atoms with Gasteiger partial charge in [-0.15, -0.1) is 0 Å². The molecular formula is C16H24BrN. The smallest absolute Gasteiger partial charge is 0.0175 e. The van der Waals surface area contributed by atoms with Crippen LogP contribution in [-0.4, -0.2) is 13.1 Å². The maximum atomic E-state index is 3.61. The molecule has 18 heavy (non-hydrogen) atoms. The second-order valence-corrected chi connectivity index (χ2v) is 6.40. The van der Waals surface area contributed by atoms with Gasteiger partial charge < -0.3 is 5.32 Å². The van der Waals surface area contributed by atoms with Crippen LogP contribution in [0.3, 0.4) is 0 Å². The highest BCUT2D eigenvalue weighted by molar-refractivity contribution is 9.10. The Morgan fingerprint density at radius 2 is 2.00 bits per heavy atom. The number of rotatable bonds is 7. The maximum Gasteiger partial charge on any atom is 0.0175 e. The average molecular weight is 310 g/mol. The second-order valence-electron chi connectivity index (χ2n) is 5.49. The molecule has 0 aromatic heterocycles. The van der Waals surface area contributed by atoms with Gasteiger partial charge in [0, 0.05) is 4.47 Å². The number of nitrogens with one attached hydrogen (secondary N) is 1. The van der Waals surface area contributed by atoms with Crippen LogP contribution in [0.25, 0.3) is 0 Å². The van der Waals surface area contributed by atoms with Crippen LogP contribution < -0.4 is 5.32 Å². The molecule has 1 atom stereocenters. The van der Waals surface area contributed by atoms with E-state index in [9.17, 15) is 0 Å². The molecule has 0 radical (unpaired) electrons. The van der Waals surface area contributed by atoms with Crippen molar-refractivity contribution in [2.45, 2.75) is 39.0 Å². The zero-order valence-electron chi connectivity index (χ0n) is 11.3. The predicted octanol–water partition coefficient (Wildman–Crippen LogP) is 4.41. The van der Waals surface area contributed by atoms with Crippen molar-refractivity contribution < 1.29 is 0 Å². The lowest BCUT2D eigenvalue weighted by atomic mass is 9.73. The van der Waals surface area contributed by atoms with Crippen LogP contribution in [0.2, 0.25) is 0 Å². The van der Waals surface area contributed by atoms with Gasteiger partial charge in [-0.05, 0) is 55.5 Å². The van der Waals surface area contributed by atoms with Crippen LogP contribution in [-0.2, 0) is 6.42 Å². The molecule has 1 fully saturated rings. The molecule has 1 aliphatic rings. The summed E-state index contributed by atoms with van der Waals surface area (Å²) < 4.78 is 1.18. The molecule has 1 saturated carbocycles. The van der Waals surface area contributed by atoms with Crippen LogP contribution in [0, 0.1) is 11.8 Å². The molecule has 0 amide bonds.